The molecule has 0 saturated heterocycles. The number of ether oxygens (including phenoxy) is 1. The van der Waals surface area contributed by atoms with Crippen LogP contribution in [0.25, 0.3) is 11.0 Å². The maximum absolute atomic E-state index is 12.3. The van der Waals surface area contributed by atoms with Crippen LogP contribution < -0.4 is 5.32 Å². The molecule has 0 aliphatic carbocycles. The van der Waals surface area contributed by atoms with Crippen molar-refractivity contribution in [2.75, 3.05) is 5.32 Å². The maximum Gasteiger partial charge on any atom is 0.339 e. The lowest BCUT2D eigenvalue weighted by Gasteiger charge is -2.14. The Morgan fingerprint density at radius 1 is 1.28 bits per heavy atom. The number of aromatic nitrogens is 3. The smallest absolute Gasteiger partial charge is 0.339 e. The minimum Gasteiger partial charge on any atom is -0.449 e. The molecule has 3 heterocycles. The molecule has 0 radical (unpaired) electrons. The fourth-order valence-electron chi connectivity index (χ4n) is 2.14. The first-order valence-corrected chi connectivity index (χ1v) is 7.96. The van der Waals surface area contributed by atoms with Crippen molar-refractivity contribution in [3.8, 4) is 0 Å². The second-order valence-electron chi connectivity index (χ2n) is 5.12. The summed E-state index contributed by atoms with van der Waals surface area (Å²) in [5.41, 5.74) is 0.872. The van der Waals surface area contributed by atoms with Gasteiger partial charge in [0.15, 0.2) is 11.9 Å². The predicted molar refractivity (Wildman–Crippen MR) is 93.9 cm³/mol. The molecule has 3 aromatic rings. The topological polar surface area (TPSA) is 97.0 Å². The van der Waals surface area contributed by atoms with Crippen LogP contribution >= 0.6 is 23.2 Å². The van der Waals surface area contributed by atoms with Gasteiger partial charge < -0.3 is 15.0 Å². The van der Waals surface area contributed by atoms with Gasteiger partial charge in [-0.05, 0) is 25.1 Å². The van der Waals surface area contributed by atoms with Gasteiger partial charge in [0.25, 0.3) is 5.91 Å². The van der Waals surface area contributed by atoms with E-state index < -0.39 is 18.0 Å². The Balaban J connectivity index is 1.70. The third kappa shape index (κ3) is 3.72. The van der Waals surface area contributed by atoms with Gasteiger partial charge >= 0.3 is 5.97 Å². The summed E-state index contributed by atoms with van der Waals surface area (Å²) in [6, 6.07) is 4.68. The molecular formula is C16H12Cl2N4O3. The lowest BCUT2D eigenvalue weighted by atomic mass is 10.2. The van der Waals surface area contributed by atoms with Crippen molar-refractivity contribution in [3.05, 3.63) is 52.4 Å². The third-order valence-corrected chi connectivity index (χ3v) is 3.88. The van der Waals surface area contributed by atoms with E-state index in [9.17, 15) is 9.59 Å². The molecular weight excluding hydrogens is 367 g/mol. The number of carbonyl (C=O) groups is 2. The Morgan fingerprint density at radius 2 is 2.08 bits per heavy atom. The molecule has 128 valence electrons. The summed E-state index contributed by atoms with van der Waals surface area (Å²) in [6.45, 7) is 1.45. The number of pyridine rings is 2. The Kier molecular flexibility index (Phi) is 4.87. The highest BCUT2D eigenvalue weighted by Crippen LogP contribution is 2.23. The van der Waals surface area contributed by atoms with Crippen LogP contribution in [0.15, 0.2) is 36.8 Å². The number of nitrogens with zero attached hydrogens (tertiary/aromatic N) is 2. The molecule has 9 heteroatoms. The SMILES string of the molecule is CC(OC(=O)c1ccnc2[nH]ccc12)C(=O)Nc1ncc(Cl)cc1Cl. The summed E-state index contributed by atoms with van der Waals surface area (Å²) in [4.78, 5) is 35.4. The summed E-state index contributed by atoms with van der Waals surface area (Å²) in [5, 5.41) is 3.63. The summed E-state index contributed by atoms with van der Waals surface area (Å²) < 4.78 is 5.22. The van der Waals surface area contributed by atoms with E-state index in [0.717, 1.165) is 0 Å². The van der Waals surface area contributed by atoms with Gasteiger partial charge in [0.1, 0.15) is 5.65 Å². The zero-order valence-electron chi connectivity index (χ0n) is 12.9. The molecule has 0 bridgehead atoms. The van der Waals surface area contributed by atoms with Crippen molar-refractivity contribution in [2.24, 2.45) is 0 Å². The minimum atomic E-state index is -1.05. The molecule has 7 nitrogen and oxygen atoms in total. The van der Waals surface area contributed by atoms with Gasteiger partial charge in [-0.25, -0.2) is 14.8 Å². The van der Waals surface area contributed by atoms with Crippen LogP contribution in [0.3, 0.4) is 0 Å². The first-order valence-electron chi connectivity index (χ1n) is 7.20. The fourth-order valence-corrected chi connectivity index (χ4v) is 2.57. The third-order valence-electron chi connectivity index (χ3n) is 3.38. The molecule has 0 spiro atoms. The number of rotatable bonds is 4. The highest BCUT2D eigenvalue weighted by molar-refractivity contribution is 6.36. The minimum absolute atomic E-state index is 0.135. The van der Waals surface area contributed by atoms with Gasteiger partial charge in [0, 0.05) is 24.0 Å². The number of esters is 1. The lowest BCUT2D eigenvalue weighted by Crippen LogP contribution is -2.30. The van der Waals surface area contributed by atoms with Crippen molar-refractivity contribution in [1.29, 1.82) is 0 Å². The van der Waals surface area contributed by atoms with E-state index in [1.165, 1.54) is 31.5 Å². The first kappa shape index (κ1) is 17.2. The van der Waals surface area contributed by atoms with E-state index >= 15 is 0 Å². The molecule has 0 fully saturated rings. The number of hydrogen-bond acceptors (Lipinski definition) is 5. The average Bonchev–Trinajstić information content (AvgIpc) is 3.05. The number of carbonyl (C=O) groups excluding carboxylic acids is 2. The van der Waals surface area contributed by atoms with Crippen molar-refractivity contribution >= 4 is 51.9 Å². The second-order valence-corrected chi connectivity index (χ2v) is 5.96. The number of hydrogen-bond donors (Lipinski definition) is 2. The normalized spacial score (nSPS) is 12.0. The number of anilines is 1. The van der Waals surface area contributed by atoms with Crippen LogP contribution in [0.4, 0.5) is 5.82 Å². The standard InChI is InChI=1S/C16H12Cl2N4O3/c1-8(15(23)22-14-12(18)6-9(17)7-21-14)25-16(24)11-3-5-20-13-10(11)2-4-19-13/h2-8H,1H3,(H,19,20)(H,21,22,23). The van der Waals surface area contributed by atoms with Crippen LogP contribution in [0.2, 0.25) is 10.0 Å². The zero-order chi connectivity index (χ0) is 18.0. The summed E-state index contributed by atoms with van der Waals surface area (Å²) in [7, 11) is 0. The molecule has 0 aliphatic rings. The second kappa shape index (κ2) is 7.08. The van der Waals surface area contributed by atoms with E-state index in [2.05, 4.69) is 20.3 Å². The summed E-state index contributed by atoms with van der Waals surface area (Å²) in [6.07, 6.45) is 3.44. The number of aromatic amines is 1. The van der Waals surface area contributed by atoms with E-state index in [4.69, 9.17) is 27.9 Å². The van der Waals surface area contributed by atoms with Crippen molar-refractivity contribution < 1.29 is 14.3 Å². The van der Waals surface area contributed by atoms with Gasteiger partial charge in [0.05, 0.1) is 15.6 Å². The number of amides is 1. The summed E-state index contributed by atoms with van der Waals surface area (Å²) in [5.74, 6) is -1.06. The molecule has 0 aromatic carbocycles. The number of nitrogens with one attached hydrogen (secondary N) is 2. The van der Waals surface area contributed by atoms with Crippen LogP contribution in [0.5, 0.6) is 0 Å². The highest BCUT2D eigenvalue weighted by atomic mass is 35.5. The van der Waals surface area contributed by atoms with Gasteiger partial charge in [-0.3, -0.25) is 4.79 Å². The van der Waals surface area contributed by atoms with E-state index in [1.54, 1.807) is 12.3 Å². The van der Waals surface area contributed by atoms with Crippen molar-refractivity contribution in [1.82, 2.24) is 15.0 Å². The van der Waals surface area contributed by atoms with E-state index in [0.29, 0.717) is 21.6 Å². The molecule has 1 unspecified atom stereocenters. The monoisotopic (exact) mass is 378 g/mol. The van der Waals surface area contributed by atoms with Gasteiger partial charge in [-0.2, -0.15) is 0 Å². The molecule has 3 aromatic heterocycles. The lowest BCUT2D eigenvalue weighted by molar-refractivity contribution is -0.123. The Labute approximate surface area is 152 Å². The maximum atomic E-state index is 12.3. The molecule has 3 rings (SSSR count). The average molecular weight is 379 g/mol. The van der Waals surface area contributed by atoms with Crippen LogP contribution in [-0.2, 0) is 9.53 Å². The Hall–Kier alpha value is -2.64. The van der Waals surface area contributed by atoms with Crippen molar-refractivity contribution in [3.63, 3.8) is 0 Å². The number of fused-ring (bicyclic) bond motifs is 1. The molecule has 25 heavy (non-hydrogen) atoms. The number of halogens is 2. The summed E-state index contributed by atoms with van der Waals surface area (Å²) >= 11 is 11.7. The van der Waals surface area contributed by atoms with Crippen LogP contribution in [0.1, 0.15) is 17.3 Å². The van der Waals surface area contributed by atoms with E-state index in [-0.39, 0.29) is 10.8 Å². The highest BCUT2D eigenvalue weighted by Gasteiger charge is 2.21. The molecule has 0 aliphatic heterocycles. The van der Waals surface area contributed by atoms with Gasteiger partial charge in [0.2, 0.25) is 0 Å². The zero-order valence-corrected chi connectivity index (χ0v) is 14.4. The number of H-pyrrole nitrogens is 1. The molecule has 1 amide bonds. The first-order chi connectivity index (χ1) is 12.0. The van der Waals surface area contributed by atoms with Gasteiger partial charge in [-0.15, -0.1) is 0 Å². The van der Waals surface area contributed by atoms with E-state index in [1.807, 2.05) is 0 Å². The molecule has 1 atom stereocenters. The largest absolute Gasteiger partial charge is 0.449 e. The van der Waals surface area contributed by atoms with Crippen molar-refractivity contribution in [2.45, 2.75) is 13.0 Å². The van der Waals surface area contributed by atoms with Gasteiger partial charge in [-0.1, -0.05) is 23.2 Å². The Bertz CT molecular complexity index is 957. The Morgan fingerprint density at radius 3 is 2.84 bits per heavy atom. The van der Waals surface area contributed by atoms with Crippen LogP contribution in [0, 0.1) is 0 Å². The fraction of sp³-hybridized carbons (Fsp3) is 0.125. The quantitative estimate of drug-likeness (QED) is 0.677. The molecule has 2 N–H and O–H groups in total. The van der Waals surface area contributed by atoms with Crippen LogP contribution in [-0.4, -0.2) is 32.9 Å². The molecule has 0 saturated carbocycles. The predicted octanol–water partition coefficient (Wildman–Crippen LogP) is 3.45.